The van der Waals surface area contributed by atoms with Gasteiger partial charge in [-0.1, -0.05) is 30.3 Å². The van der Waals surface area contributed by atoms with Crippen molar-refractivity contribution in [1.29, 1.82) is 0 Å². The van der Waals surface area contributed by atoms with Gasteiger partial charge in [-0.2, -0.15) is 5.10 Å². The van der Waals surface area contributed by atoms with Crippen LogP contribution in [0.2, 0.25) is 0 Å². The number of hydrogen-bond donors (Lipinski definition) is 3. The number of hydrogen-bond acceptors (Lipinski definition) is 3. The van der Waals surface area contributed by atoms with E-state index in [0.717, 1.165) is 47.0 Å². The van der Waals surface area contributed by atoms with Crippen molar-refractivity contribution in [3.05, 3.63) is 59.4 Å². The van der Waals surface area contributed by atoms with Crippen LogP contribution in [0.3, 0.4) is 0 Å². The molecule has 3 aromatic rings. The molecule has 0 bridgehead atoms. The van der Waals surface area contributed by atoms with Crippen LogP contribution in [0.4, 0.5) is 0 Å². The number of aromatic amines is 1. The lowest BCUT2D eigenvalue weighted by molar-refractivity contribution is 0.481. The van der Waals surface area contributed by atoms with Gasteiger partial charge in [0.05, 0.1) is 5.69 Å². The smallest absolute Gasteiger partial charge is 0.123 e. The van der Waals surface area contributed by atoms with Gasteiger partial charge in [0.25, 0.3) is 0 Å². The van der Waals surface area contributed by atoms with E-state index in [0.29, 0.717) is 12.3 Å². The Bertz CT molecular complexity index is 749. The second kappa shape index (κ2) is 5.97. The van der Waals surface area contributed by atoms with Crippen LogP contribution in [-0.2, 0) is 19.3 Å². The molecule has 0 amide bonds. The molecule has 0 saturated carbocycles. The summed E-state index contributed by atoms with van der Waals surface area (Å²) in [6.45, 7) is 0.614. The molecule has 4 N–H and O–H groups in total. The summed E-state index contributed by atoms with van der Waals surface area (Å²) in [5.41, 5.74) is 8.76. The van der Waals surface area contributed by atoms with Gasteiger partial charge in [-0.3, -0.25) is 5.10 Å². The van der Waals surface area contributed by atoms with E-state index in [2.05, 4.69) is 22.3 Å². The summed E-state index contributed by atoms with van der Waals surface area (Å²) < 4.78 is 0. The number of nitrogens with zero attached hydrogens (tertiary/aromatic N) is 1. The van der Waals surface area contributed by atoms with Crippen molar-refractivity contribution in [3.63, 3.8) is 0 Å². The predicted octanol–water partition coefficient (Wildman–Crippen LogP) is 2.55. The third-order valence-corrected chi connectivity index (χ3v) is 3.67. The Labute approximate surface area is 123 Å². The summed E-state index contributed by atoms with van der Waals surface area (Å²) in [4.78, 5) is 0. The third-order valence-electron chi connectivity index (χ3n) is 3.67. The fourth-order valence-electron chi connectivity index (χ4n) is 2.59. The zero-order chi connectivity index (χ0) is 14.7. The van der Waals surface area contributed by atoms with Crippen molar-refractivity contribution in [2.75, 3.05) is 6.54 Å². The molecule has 0 radical (unpaired) electrons. The molecule has 0 aliphatic rings. The molecule has 108 valence electrons. The van der Waals surface area contributed by atoms with Gasteiger partial charge in [0.1, 0.15) is 5.75 Å². The first-order valence-corrected chi connectivity index (χ1v) is 7.20. The first-order valence-electron chi connectivity index (χ1n) is 7.20. The number of aromatic nitrogens is 2. The normalized spacial score (nSPS) is 11.1. The Kier molecular flexibility index (Phi) is 3.88. The maximum atomic E-state index is 10.1. The van der Waals surface area contributed by atoms with Crippen molar-refractivity contribution in [3.8, 4) is 5.75 Å². The summed E-state index contributed by atoms with van der Waals surface area (Å²) in [5.74, 6) is 0.344. The number of fused-ring (bicyclic) bond motifs is 1. The highest BCUT2D eigenvalue weighted by atomic mass is 16.3. The molecule has 4 nitrogen and oxygen atoms in total. The van der Waals surface area contributed by atoms with Crippen LogP contribution in [0, 0.1) is 0 Å². The van der Waals surface area contributed by atoms with Gasteiger partial charge in [-0.15, -0.1) is 0 Å². The number of nitrogens with two attached hydrogens (primary N) is 1. The molecule has 4 heteroatoms. The third kappa shape index (κ3) is 3.06. The van der Waals surface area contributed by atoms with E-state index in [1.54, 1.807) is 0 Å². The lowest BCUT2D eigenvalue weighted by atomic mass is 10.0. The molecule has 1 aromatic heterocycles. The van der Waals surface area contributed by atoms with Gasteiger partial charge in [-0.25, -0.2) is 0 Å². The number of aryl methyl sites for hydroxylation is 2. The second-order valence-corrected chi connectivity index (χ2v) is 5.26. The standard InChI is InChI=1S/C17H19N3O/c18-8-7-15-11-14(19-20-15)6-5-12-9-13-3-1-2-4-16(13)17(21)10-12/h1-4,9-11,21H,5-8,18H2,(H,19,20). The Hall–Kier alpha value is -2.33. The van der Waals surface area contributed by atoms with E-state index in [1.807, 2.05) is 30.3 Å². The minimum absolute atomic E-state index is 0.344. The van der Waals surface area contributed by atoms with Gasteiger partial charge in [-0.05, 0) is 42.5 Å². The van der Waals surface area contributed by atoms with Crippen LogP contribution in [0.1, 0.15) is 17.0 Å². The van der Waals surface area contributed by atoms with Crippen LogP contribution >= 0.6 is 0 Å². The molecular formula is C17H19N3O. The second-order valence-electron chi connectivity index (χ2n) is 5.26. The zero-order valence-corrected chi connectivity index (χ0v) is 11.8. The van der Waals surface area contributed by atoms with Gasteiger partial charge < -0.3 is 10.8 Å². The summed E-state index contributed by atoms with van der Waals surface area (Å²) >= 11 is 0. The Morgan fingerprint density at radius 3 is 2.76 bits per heavy atom. The molecule has 0 saturated heterocycles. The van der Waals surface area contributed by atoms with Crippen molar-refractivity contribution < 1.29 is 5.11 Å². The molecule has 0 spiro atoms. The highest BCUT2D eigenvalue weighted by Gasteiger charge is 2.05. The van der Waals surface area contributed by atoms with Crippen molar-refractivity contribution in [2.45, 2.75) is 19.3 Å². The molecule has 2 aromatic carbocycles. The number of phenols is 1. The Morgan fingerprint density at radius 1 is 1.05 bits per heavy atom. The van der Waals surface area contributed by atoms with Gasteiger partial charge in [0.15, 0.2) is 0 Å². The molecule has 0 aliphatic carbocycles. The van der Waals surface area contributed by atoms with Gasteiger partial charge in [0.2, 0.25) is 0 Å². The topological polar surface area (TPSA) is 74.9 Å². The average Bonchev–Trinajstić information content (AvgIpc) is 2.93. The highest BCUT2D eigenvalue weighted by molar-refractivity contribution is 5.88. The van der Waals surface area contributed by atoms with E-state index in [1.165, 1.54) is 0 Å². The van der Waals surface area contributed by atoms with E-state index in [-0.39, 0.29) is 0 Å². The molecule has 0 atom stereocenters. The van der Waals surface area contributed by atoms with E-state index < -0.39 is 0 Å². The van der Waals surface area contributed by atoms with Crippen LogP contribution in [0.5, 0.6) is 5.75 Å². The average molecular weight is 281 g/mol. The molecule has 1 heterocycles. The van der Waals surface area contributed by atoms with Gasteiger partial charge in [0, 0.05) is 17.5 Å². The van der Waals surface area contributed by atoms with Crippen LogP contribution in [-0.4, -0.2) is 21.8 Å². The Morgan fingerprint density at radius 2 is 1.90 bits per heavy atom. The number of benzene rings is 2. The lowest BCUT2D eigenvalue weighted by Crippen LogP contribution is -2.02. The van der Waals surface area contributed by atoms with Crippen molar-refractivity contribution in [2.24, 2.45) is 5.73 Å². The molecule has 0 fully saturated rings. The molecular weight excluding hydrogens is 262 g/mol. The minimum atomic E-state index is 0.344. The summed E-state index contributed by atoms with van der Waals surface area (Å²) in [6, 6.07) is 13.9. The first-order chi connectivity index (χ1) is 10.3. The monoisotopic (exact) mass is 281 g/mol. The minimum Gasteiger partial charge on any atom is -0.507 e. The number of aromatic hydroxyl groups is 1. The quantitative estimate of drug-likeness (QED) is 0.673. The first kappa shape index (κ1) is 13.6. The fourth-order valence-corrected chi connectivity index (χ4v) is 2.59. The van der Waals surface area contributed by atoms with E-state index in [4.69, 9.17) is 5.73 Å². The number of rotatable bonds is 5. The number of phenolic OH excluding ortho intramolecular Hbond substituents is 1. The predicted molar refractivity (Wildman–Crippen MR) is 84.4 cm³/mol. The van der Waals surface area contributed by atoms with Crippen LogP contribution in [0.25, 0.3) is 10.8 Å². The highest BCUT2D eigenvalue weighted by Crippen LogP contribution is 2.26. The largest absolute Gasteiger partial charge is 0.507 e. The van der Waals surface area contributed by atoms with Crippen LogP contribution < -0.4 is 5.73 Å². The fraction of sp³-hybridized carbons (Fsp3) is 0.235. The summed E-state index contributed by atoms with van der Waals surface area (Å²) in [5, 5.41) is 19.3. The maximum Gasteiger partial charge on any atom is 0.123 e. The van der Waals surface area contributed by atoms with Crippen molar-refractivity contribution >= 4 is 10.8 Å². The lowest BCUT2D eigenvalue weighted by Gasteiger charge is -2.05. The Balaban J connectivity index is 1.75. The molecule has 21 heavy (non-hydrogen) atoms. The van der Waals surface area contributed by atoms with Crippen molar-refractivity contribution in [1.82, 2.24) is 10.2 Å². The van der Waals surface area contributed by atoms with E-state index >= 15 is 0 Å². The SMILES string of the molecule is NCCc1cc(CCc2cc(O)c3ccccc3c2)[nH]n1. The summed E-state index contributed by atoms with van der Waals surface area (Å²) in [7, 11) is 0. The van der Waals surface area contributed by atoms with Gasteiger partial charge >= 0.3 is 0 Å². The van der Waals surface area contributed by atoms with Crippen LogP contribution in [0.15, 0.2) is 42.5 Å². The van der Waals surface area contributed by atoms with E-state index in [9.17, 15) is 5.11 Å². The molecule has 0 aliphatic heterocycles. The zero-order valence-electron chi connectivity index (χ0n) is 11.8. The molecule has 0 unspecified atom stereocenters. The summed E-state index contributed by atoms with van der Waals surface area (Å²) in [6.07, 6.45) is 2.53. The number of H-pyrrole nitrogens is 1. The molecule has 3 rings (SSSR count). The maximum absolute atomic E-state index is 10.1. The number of nitrogens with one attached hydrogen (secondary N) is 1.